The second-order valence-electron chi connectivity index (χ2n) is 7.34. The summed E-state index contributed by atoms with van der Waals surface area (Å²) < 4.78 is 5.30. The van der Waals surface area contributed by atoms with Crippen molar-refractivity contribution >= 4 is 18.0 Å². The summed E-state index contributed by atoms with van der Waals surface area (Å²) in [6.45, 7) is 3.62. The second-order valence-corrected chi connectivity index (χ2v) is 7.34. The maximum Gasteiger partial charge on any atom is 0.410 e. The molecule has 1 aromatic carbocycles. The SMILES string of the molecule is CC(C)(CNC(=O)[C@@H]1CCCN1C(=O)OCc1ccccc1)[C@H](O)C(=O)O. The molecule has 3 N–H and O–H groups in total. The molecule has 8 nitrogen and oxygen atoms in total. The fourth-order valence-electron chi connectivity index (χ4n) is 2.92. The number of aliphatic hydroxyl groups is 1. The van der Waals surface area contributed by atoms with Gasteiger partial charge in [0.2, 0.25) is 5.91 Å². The number of benzene rings is 1. The highest BCUT2D eigenvalue weighted by Gasteiger charge is 2.38. The third kappa shape index (κ3) is 5.43. The number of aliphatic carboxylic acids is 1. The van der Waals surface area contributed by atoms with Gasteiger partial charge in [0.15, 0.2) is 6.10 Å². The third-order valence-electron chi connectivity index (χ3n) is 4.69. The van der Waals surface area contributed by atoms with Crippen molar-refractivity contribution in [2.45, 2.75) is 45.4 Å². The Labute approximate surface area is 158 Å². The first-order chi connectivity index (χ1) is 12.7. The van der Waals surface area contributed by atoms with E-state index in [1.165, 1.54) is 4.90 Å². The average molecular weight is 378 g/mol. The lowest BCUT2D eigenvalue weighted by Crippen LogP contribution is -2.50. The van der Waals surface area contributed by atoms with Gasteiger partial charge in [-0.1, -0.05) is 44.2 Å². The number of carbonyl (C=O) groups is 3. The zero-order valence-electron chi connectivity index (χ0n) is 15.6. The fourth-order valence-corrected chi connectivity index (χ4v) is 2.92. The number of aliphatic hydroxyl groups excluding tert-OH is 1. The molecule has 2 amide bonds. The van der Waals surface area contributed by atoms with E-state index in [2.05, 4.69) is 5.32 Å². The average Bonchev–Trinajstić information content (AvgIpc) is 3.14. The van der Waals surface area contributed by atoms with Gasteiger partial charge in [-0.05, 0) is 18.4 Å². The summed E-state index contributed by atoms with van der Waals surface area (Å²) in [6, 6.07) is 8.60. The first kappa shape index (κ1) is 20.7. The Morgan fingerprint density at radius 1 is 1.30 bits per heavy atom. The zero-order valence-corrected chi connectivity index (χ0v) is 15.6. The minimum atomic E-state index is -1.60. The van der Waals surface area contributed by atoms with Gasteiger partial charge in [0, 0.05) is 18.5 Å². The molecule has 1 aliphatic rings. The number of hydrogen-bond acceptors (Lipinski definition) is 5. The molecular weight excluding hydrogens is 352 g/mol. The van der Waals surface area contributed by atoms with E-state index in [0.717, 1.165) is 5.56 Å². The van der Waals surface area contributed by atoms with Crippen LogP contribution in [0.25, 0.3) is 0 Å². The number of hydrogen-bond donors (Lipinski definition) is 3. The number of nitrogens with zero attached hydrogens (tertiary/aromatic N) is 1. The van der Waals surface area contributed by atoms with E-state index >= 15 is 0 Å². The van der Waals surface area contributed by atoms with Crippen LogP contribution in [0.15, 0.2) is 30.3 Å². The zero-order chi connectivity index (χ0) is 20.0. The van der Waals surface area contributed by atoms with Gasteiger partial charge < -0.3 is 20.3 Å². The highest BCUT2D eigenvalue weighted by molar-refractivity contribution is 5.86. The number of likely N-dealkylation sites (tertiary alicyclic amines) is 1. The van der Waals surface area contributed by atoms with Crippen LogP contribution in [0.5, 0.6) is 0 Å². The molecule has 27 heavy (non-hydrogen) atoms. The van der Waals surface area contributed by atoms with Crippen molar-refractivity contribution in [3.05, 3.63) is 35.9 Å². The summed E-state index contributed by atoms with van der Waals surface area (Å²) in [7, 11) is 0. The van der Waals surface area contributed by atoms with Gasteiger partial charge in [0.05, 0.1) is 0 Å². The molecule has 0 saturated carbocycles. The highest BCUT2D eigenvalue weighted by Crippen LogP contribution is 2.22. The molecule has 0 spiro atoms. The Morgan fingerprint density at radius 2 is 1.96 bits per heavy atom. The van der Waals surface area contributed by atoms with E-state index in [-0.39, 0.29) is 19.1 Å². The summed E-state index contributed by atoms with van der Waals surface area (Å²) in [5.74, 6) is -1.73. The van der Waals surface area contributed by atoms with Gasteiger partial charge in [-0.2, -0.15) is 0 Å². The van der Waals surface area contributed by atoms with Crippen molar-refractivity contribution < 1.29 is 29.3 Å². The van der Waals surface area contributed by atoms with Crippen molar-refractivity contribution in [1.29, 1.82) is 0 Å². The first-order valence-electron chi connectivity index (χ1n) is 8.88. The molecule has 0 radical (unpaired) electrons. The number of carboxylic acids is 1. The van der Waals surface area contributed by atoms with Gasteiger partial charge >= 0.3 is 12.1 Å². The summed E-state index contributed by atoms with van der Waals surface area (Å²) in [6.07, 6.45) is -0.969. The smallest absolute Gasteiger partial charge is 0.410 e. The molecule has 1 fully saturated rings. The lowest BCUT2D eigenvalue weighted by atomic mass is 9.86. The molecule has 1 heterocycles. The van der Waals surface area contributed by atoms with Gasteiger partial charge in [-0.3, -0.25) is 9.69 Å². The fraction of sp³-hybridized carbons (Fsp3) is 0.526. The predicted octanol–water partition coefficient (Wildman–Crippen LogP) is 1.38. The molecular formula is C19H26N2O6. The Kier molecular flexibility index (Phi) is 6.79. The lowest BCUT2D eigenvalue weighted by Gasteiger charge is -2.29. The number of rotatable bonds is 7. The van der Waals surface area contributed by atoms with Crippen molar-refractivity contribution in [2.75, 3.05) is 13.1 Å². The Morgan fingerprint density at radius 3 is 2.59 bits per heavy atom. The molecule has 0 aliphatic carbocycles. The maximum atomic E-state index is 12.5. The molecule has 2 atom stereocenters. The Bertz CT molecular complexity index is 676. The van der Waals surface area contributed by atoms with Crippen LogP contribution in [0.3, 0.4) is 0 Å². The highest BCUT2D eigenvalue weighted by atomic mass is 16.6. The van der Waals surface area contributed by atoms with Gasteiger partial charge in [-0.25, -0.2) is 9.59 Å². The second kappa shape index (κ2) is 8.85. The summed E-state index contributed by atoms with van der Waals surface area (Å²) in [5.41, 5.74) is -0.186. The molecule has 0 aromatic heterocycles. The molecule has 148 valence electrons. The molecule has 1 saturated heterocycles. The maximum absolute atomic E-state index is 12.5. The van der Waals surface area contributed by atoms with E-state index in [1.54, 1.807) is 13.8 Å². The van der Waals surface area contributed by atoms with Crippen LogP contribution in [0.2, 0.25) is 0 Å². The molecule has 0 bridgehead atoms. The summed E-state index contributed by atoms with van der Waals surface area (Å²) in [5, 5.41) is 21.3. The third-order valence-corrected chi connectivity index (χ3v) is 4.69. The van der Waals surface area contributed by atoms with Crippen LogP contribution >= 0.6 is 0 Å². The lowest BCUT2D eigenvalue weighted by molar-refractivity contribution is -0.153. The van der Waals surface area contributed by atoms with Gasteiger partial charge in [0.25, 0.3) is 0 Å². The normalized spacial score (nSPS) is 18.0. The summed E-state index contributed by atoms with van der Waals surface area (Å²) >= 11 is 0. The predicted molar refractivity (Wildman–Crippen MR) is 96.8 cm³/mol. The van der Waals surface area contributed by atoms with Crippen LogP contribution in [0, 0.1) is 5.41 Å². The van der Waals surface area contributed by atoms with Crippen molar-refractivity contribution in [3.63, 3.8) is 0 Å². The largest absolute Gasteiger partial charge is 0.479 e. The molecule has 1 aliphatic heterocycles. The molecule has 2 rings (SSSR count). The van der Waals surface area contributed by atoms with Gasteiger partial charge in [-0.15, -0.1) is 0 Å². The van der Waals surface area contributed by atoms with E-state index in [4.69, 9.17) is 9.84 Å². The number of carboxylic acid groups (broad SMARTS) is 1. The molecule has 0 unspecified atom stereocenters. The van der Waals surface area contributed by atoms with Crippen molar-refractivity contribution in [2.24, 2.45) is 5.41 Å². The number of carbonyl (C=O) groups excluding carboxylic acids is 2. The minimum absolute atomic E-state index is 0.0251. The van der Waals surface area contributed by atoms with Crippen LogP contribution < -0.4 is 5.32 Å². The first-order valence-corrected chi connectivity index (χ1v) is 8.88. The van der Waals surface area contributed by atoms with Gasteiger partial charge in [0.1, 0.15) is 12.6 Å². The quantitative estimate of drug-likeness (QED) is 0.660. The minimum Gasteiger partial charge on any atom is -0.479 e. The molecule has 1 aromatic rings. The van der Waals surface area contributed by atoms with Crippen LogP contribution in [-0.4, -0.2) is 58.3 Å². The Hall–Kier alpha value is -2.61. The number of ether oxygens (including phenoxy) is 1. The summed E-state index contributed by atoms with van der Waals surface area (Å²) in [4.78, 5) is 37.2. The van der Waals surface area contributed by atoms with Crippen LogP contribution in [0.4, 0.5) is 4.79 Å². The van der Waals surface area contributed by atoms with Crippen molar-refractivity contribution in [1.82, 2.24) is 10.2 Å². The monoisotopic (exact) mass is 378 g/mol. The van der Waals surface area contributed by atoms with E-state index in [1.807, 2.05) is 30.3 Å². The van der Waals surface area contributed by atoms with E-state index in [0.29, 0.717) is 19.4 Å². The van der Waals surface area contributed by atoms with E-state index in [9.17, 15) is 19.5 Å². The number of amides is 2. The number of nitrogens with one attached hydrogen (secondary N) is 1. The standard InChI is InChI=1S/C19H26N2O6/c1-19(2,15(22)17(24)25)12-20-16(23)14-9-6-10-21(14)18(26)27-11-13-7-4-3-5-8-13/h3-5,7-8,14-15,22H,6,9-12H2,1-2H3,(H,20,23)(H,24,25)/t14-,15+/m0/s1. The topological polar surface area (TPSA) is 116 Å². The molecule has 8 heteroatoms. The van der Waals surface area contributed by atoms with E-state index < -0.39 is 29.6 Å². The Balaban J connectivity index is 1.89. The van der Waals surface area contributed by atoms with Crippen LogP contribution in [0.1, 0.15) is 32.3 Å². The van der Waals surface area contributed by atoms with Crippen molar-refractivity contribution in [3.8, 4) is 0 Å². The van der Waals surface area contributed by atoms with Crippen LogP contribution in [-0.2, 0) is 20.9 Å².